The average molecular weight is 545 g/mol. The first kappa shape index (κ1) is 32.2. The SMILES string of the molecule is CC#CC#CC#CC#CC#CC#CC#CC#CC#CC#CC#CC.O=C(O)c1ccccc1OCOc1cccs1. The molecule has 1 aromatic carbocycles. The Balaban J connectivity index is 0.000000431. The van der Waals surface area contributed by atoms with Gasteiger partial charge < -0.3 is 14.6 Å². The fourth-order valence-electron chi connectivity index (χ4n) is 1.95. The molecule has 1 N–H and O–H groups in total. The quantitative estimate of drug-likeness (QED) is 0.458. The number of benzene rings is 1. The van der Waals surface area contributed by atoms with Gasteiger partial charge >= 0.3 is 5.97 Å². The molecule has 0 saturated carbocycles. The summed E-state index contributed by atoms with van der Waals surface area (Å²) in [5.74, 6) is 54.9. The van der Waals surface area contributed by atoms with Crippen molar-refractivity contribution in [3.63, 3.8) is 0 Å². The van der Waals surface area contributed by atoms with Gasteiger partial charge in [-0.2, -0.15) is 0 Å². The molecule has 0 unspecified atom stereocenters. The standard InChI is InChI=1S/C24H6.C12H10O4S/c1-3-5-7-9-11-13-15-17-19-21-23-24-22-20-18-16-14-12-10-8-6-4-2;13-12(14)9-4-1-2-5-10(9)15-8-16-11-6-3-7-17-11/h1-2H3;1-7H,8H2,(H,13,14). The number of aromatic carboxylic acids is 1. The second kappa shape index (κ2) is 23.5. The molecule has 5 heteroatoms. The van der Waals surface area contributed by atoms with E-state index in [-0.39, 0.29) is 12.4 Å². The summed E-state index contributed by atoms with van der Waals surface area (Å²) < 4.78 is 10.6. The maximum absolute atomic E-state index is 10.9. The second-order valence-corrected chi connectivity index (χ2v) is 7.05. The molecule has 0 atom stereocenters. The molecule has 0 saturated heterocycles. The first-order valence-electron chi connectivity index (χ1n) is 11.1. The number of carboxylic acids is 1. The van der Waals surface area contributed by atoms with E-state index in [0.29, 0.717) is 5.75 Å². The molecule has 2 aromatic rings. The number of ether oxygens (including phenoxy) is 2. The van der Waals surface area contributed by atoms with Crippen molar-refractivity contribution >= 4 is 17.3 Å². The second-order valence-electron chi connectivity index (χ2n) is 6.14. The van der Waals surface area contributed by atoms with Gasteiger partial charge in [-0.25, -0.2) is 4.79 Å². The number of carbonyl (C=O) groups is 1. The van der Waals surface area contributed by atoms with Crippen LogP contribution in [0, 0.1) is 130 Å². The van der Waals surface area contributed by atoms with E-state index in [1.165, 1.54) is 17.4 Å². The van der Waals surface area contributed by atoms with Crippen LogP contribution >= 0.6 is 11.3 Å². The van der Waals surface area contributed by atoms with E-state index in [2.05, 4.69) is 130 Å². The van der Waals surface area contributed by atoms with Crippen molar-refractivity contribution in [3.8, 4) is 141 Å². The van der Waals surface area contributed by atoms with Crippen LogP contribution in [-0.4, -0.2) is 17.9 Å². The van der Waals surface area contributed by atoms with Gasteiger partial charge in [-0.05, 0) is 138 Å². The molecule has 41 heavy (non-hydrogen) atoms. The monoisotopic (exact) mass is 544 g/mol. The van der Waals surface area contributed by atoms with Crippen molar-refractivity contribution in [3.05, 3.63) is 47.3 Å². The van der Waals surface area contributed by atoms with Crippen LogP contribution in [0.3, 0.4) is 0 Å². The minimum atomic E-state index is -1.02. The smallest absolute Gasteiger partial charge is 0.339 e. The van der Waals surface area contributed by atoms with E-state index >= 15 is 0 Å². The van der Waals surface area contributed by atoms with E-state index in [9.17, 15) is 4.79 Å². The fraction of sp³-hybridized carbons (Fsp3) is 0.0833. The predicted molar refractivity (Wildman–Crippen MR) is 161 cm³/mol. The Hall–Kier alpha value is -6.85. The lowest BCUT2D eigenvalue weighted by atomic mass is 10.2. The number of hydrogen-bond donors (Lipinski definition) is 1. The summed E-state index contributed by atoms with van der Waals surface area (Å²) in [5.41, 5.74) is 0.127. The predicted octanol–water partition coefficient (Wildman–Crippen LogP) is 3.93. The minimum absolute atomic E-state index is 0.00912. The van der Waals surface area contributed by atoms with Gasteiger partial charge in [0.2, 0.25) is 6.79 Å². The molecule has 190 valence electrons. The van der Waals surface area contributed by atoms with Crippen molar-refractivity contribution in [2.75, 3.05) is 6.79 Å². The Morgan fingerprint density at radius 1 is 0.610 bits per heavy atom. The number of hydrogen-bond acceptors (Lipinski definition) is 4. The van der Waals surface area contributed by atoms with Gasteiger partial charge in [0, 0.05) is 23.7 Å². The Morgan fingerprint density at radius 2 is 1.02 bits per heavy atom. The fourth-order valence-corrected chi connectivity index (χ4v) is 2.52. The van der Waals surface area contributed by atoms with Crippen LogP contribution in [0.1, 0.15) is 24.2 Å². The van der Waals surface area contributed by atoms with E-state index < -0.39 is 5.97 Å². The summed E-state index contributed by atoms with van der Waals surface area (Å²) in [5, 5.41) is 11.6. The van der Waals surface area contributed by atoms with Crippen LogP contribution < -0.4 is 9.47 Å². The van der Waals surface area contributed by atoms with Crippen molar-refractivity contribution in [2.24, 2.45) is 0 Å². The molecule has 0 spiro atoms. The van der Waals surface area contributed by atoms with Crippen molar-refractivity contribution in [1.29, 1.82) is 0 Å². The first-order chi connectivity index (χ1) is 20.2. The third kappa shape index (κ3) is 18.1. The highest BCUT2D eigenvalue weighted by molar-refractivity contribution is 7.11. The van der Waals surface area contributed by atoms with Gasteiger partial charge in [0.05, 0.1) is 0 Å². The van der Waals surface area contributed by atoms with Gasteiger partial charge in [-0.15, -0.1) is 11.3 Å². The first-order valence-corrected chi connectivity index (χ1v) is 12.0. The zero-order chi connectivity index (χ0) is 29.6. The highest BCUT2D eigenvalue weighted by atomic mass is 32.1. The number of thiophene rings is 1. The van der Waals surface area contributed by atoms with Crippen LogP contribution in [0.2, 0.25) is 0 Å². The number of carboxylic acid groups (broad SMARTS) is 1. The zero-order valence-corrected chi connectivity index (χ0v) is 22.6. The summed E-state index contributed by atoms with van der Waals surface area (Å²) in [6, 6.07) is 10.1. The minimum Gasteiger partial charge on any atom is -0.478 e. The lowest BCUT2D eigenvalue weighted by Crippen LogP contribution is -2.08. The summed E-state index contributed by atoms with van der Waals surface area (Å²) in [6.45, 7) is 3.39. The summed E-state index contributed by atoms with van der Waals surface area (Å²) >= 11 is 1.45. The maximum Gasteiger partial charge on any atom is 0.339 e. The average Bonchev–Trinajstić information content (AvgIpc) is 3.50. The molecule has 0 amide bonds. The molecule has 0 fully saturated rings. The van der Waals surface area contributed by atoms with Gasteiger partial charge in [0.15, 0.2) is 5.06 Å². The van der Waals surface area contributed by atoms with Crippen LogP contribution in [0.4, 0.5) is 0 Å². The Labute approximate surface area is 245 Å². The zero-order valence-electron chi connectivity index (χ0n) is 21.8. The molecule has 1 aromatic heterocycles. The molecule has 0 aliphatic carbocycles. The van der Waals surface area contributed by atoms with Gasteiger partial charge in [0.1, 0.15) is 11.3 Å². The van der Waals surface area contributed by atoms with Crippen molar-refractivity contribution in [2.45, 2.75) is 13.8 Å². The number of rotatable bonds is 5. The van der Waals surface area contributed by atoms with Crippen LogP contribution in [-0.2, 0) is 0 Å². The Morgan fingerprint density at radius 3 is 1.39 bits per heavy atom. The third-order valence-electron chi connectivity index (χ3n) is 3.47. The highest BCUT2D eigenvalue weighted by Gasteiger charge is 2.09. The topological polar surface area (TPSA) is 55.8 Å². The van der Waals surface area contributed by atoms with Gasteiger partial charge in [0.25, 0.3) is 0 Å². The van der Waals surface area contributed by atoms with Crippen LogP contribution in [0.5, 0.6) is 10.8 Å². The molecular weight excluding hydrogens is 528 g/mol. The van der Waals surface area contributed by atoms with E-state index in [0.717, 1.165) is 5.06 Å². The Kier molecular flexibility index (Phi) is 18.5. The van der Waals surface area contributed by atoms with Crippen LogP contribution in [0.25, 0.3) is 0 Å². The van der Waals surface area contributed by atoms with Crippen molar-refractivity contribution < 1.29 is 19.4 Å². The van der Waals surface area contributed by atoms with E-state index in [1.54, 1.807) is 32.0 Å². The van der Waals surface area contributed by atoms with E-state index in [1.807, 2.05) is 17.5 Å². The molecule has 0 bridgehead atoms. The Bertz CT molecular complexity index is 1820. The molecular formula is C36H16O4S. The van der Waals surface area contributed by atoms with E-state index in [4.69, 9.17) is 14.6 Å². The molecule has 0 aliphatic rings. The van der Waals surface area contributed by atoms with Crippen molar-refractivity contribution in [1.82, 2.24) is 0 Å². The van der Waals surface area contributed by atoms with Gasteiger partial charge in [-0.1, -0.05) is 24.0 Å². The summed E-state index contributed by atoms with van der Waals surface area (Å²) in [6.07, 6.45) is 0. The molecule has 0 aliphatic heterocycles. The van der Waals surface area contributed by atoms with Crippen LogP contribution in [0.15, 0.2) is 41.8 Å². The molecule has 2 rings (SSSR count). The summed E-state index contributed by atoms with van der Waals surface area (Å²) in [4.78, 5) is 10.9. The maximum atomic E-state index is 10.9. The molecule has 4 nitrogen and oxygen atoms in total. The summed E-state index contributed by atoms with van der Waals surface area (Å²) in [7, 11) is 0. The molecule has 1 heterocycles. The molecule has 0 radical (unpaired) electrons. The number of para-hydroxylation sites is 1. The lowest BCUT2D eigenvalue weighted by Gasteiger charge is -2.08. The largest absolute Gasteiger partial charge is 0.478 e. The lowest BCUT2D eigenvalue weighted by molar-refractivity contribution is 0.0683. The normalized spacial score (nSPS) is 6.39. The highest BCUT2D eigenvalue weighted by Crippen LogP contribution is 2.20. The third-order valence-corrected chi connectivity index (χ3v) is 4.25. The van der Waals surface area contributed by atoms with Gasteiger partial charge in [-0.3, -0.25) is 0 Å².